The van der Waals surface area contributed by atoms with Gasteiger partial charge in [-0.3, -0.25) is 9.59 Å². The van der Waals surface area contributed by atoms with Crippen LogP contribution in [0.5, 0.6) is 0 Å². The molecule has 0 radical (unpaired) electrons. The quantitative estimate of drug-likeness (QED) is 0.303. The van der Waals surface area contributed by atoms with Gasteiger partial charge in [0, 0.05) is 11.9 Å². The van der Waals surface area contributed by atoms with Crippen molar-refractivity contribution in [3.8, 4) is 0 Å². The van der Waals surface area contributed by atoms with Gasteiger partial charge in [0.15, 0.2) is 14.6 Å². The van der Waals surface area contributed by atoms with Crippen molar-refractivity contribution in [1.29, 1.82) is 0 Å². The summed E-state index contributed by atoms with van der Waals surface area (Å²) in [6.07, 6.45) is 4.36. The summed E-state index contributed by atoms with van der Waals surface area (Å²) in [7, 11) is -1.25. The van der Waals surface area contributed by atoms with Gasteiger partial charge >= 0.3 is 11.9 Å². The third-order valence-corrected chi connectivity index (χ3v) is 9.99. The molecule has 3 aromatic rings. The standard InChI is InChI=1S/C26H29N3O8S3/c1-4-37-24(32)15-10-11-17-19(12-15)39-26(29(17)2)28-21(31)14-40(34,35)13-20(30)27-23-22(25(33)36-3)16-8-6-5-7-9-18(16)38-23/h10-12H,4-9,13-14H2,1-3H3,(H,27,30). The molecule has 0 unspecified atom stereocenters. The number of ether oxygens (including phenoxy) is 2. The summed E-state index contributed by atoms with van der Waals surface area (Å²) in [6, 6.07) is 4.91. The SMILES string of the molecule is CCOC(=O)c1ccc2c(c1)sc(=NC(=O)CS(=O)(=O)CC(=O)Nc1sc3c(c1C(=O)OC)CCCCC3)n2C. The predicted octanol–water partition coefficient (Wildman–Crippen LogP) is 3.01. The van der Waals surface area contributed by atoms with Crippen LogP contribution >= 0.6 is 22.7 Å². The highest BCUT2D eigenvalue weighted by molar-refractivity contribution is 7.92. The first-order valence-corrected chi connectivity index (χ1v) is 16.1. The topological polar surface area (TPSA) is 150 Å². The molecule has 0 saturated carbocycles. The predicted molar refractivity (Wildman–Crippen MR) is 152 cm³/mol. The van der Waals surface area contributed by atoms with E-state index in [1.807, 2.05) is 0 Å². The van der Waals surface area contributed by atoms with Gasteiger partial charge in [0.1, 0.15) is 16.5 Å². The summed E-state index contributed by atoms with van der Waals surface area (Å²) in [5.41, 5.74) is 2.15. The minimum Gasteiger partial charge on any atom is -0.465 e. The fraction of sp³-hybridized carbons (Fsp3) is 0.423. The molecular formula is C26H29N3O8S3. The maximum absolute atomic E-state index is 12.7. The number of carbonyl (C=O) groups excluding carboxylic acids is 4. The molecule has 4 rings (SSSR count). The number of nitrogens with one attached hydrogen (secondary N) is 1. The van der Waals surface area contributed by atoms with Crippen molar-refractivity contribution in [2.75, 3.05) is 30.5 Å². The van der Waals surface area contributed by atoms with E-state index in [-0.39, 0.29) is 22.0 Å². The van der Waals surface area contributed by atoms with E-state index in [0.717, 1.165) is 47.5 Å². The van der Waals surface area contributed by atoms with Crippen molar-refractivity contribution in [1.82, 2.24) is 4.57 Å². The summed E-state index contributed by atoms with van der Waals surface area (Å²) in [6.45, 7) is 1.94. The van der Waals surface area contributed by atoms with Crippen LogP contribution < -0.4 is 10.1 Å². The van der Waals surface area contributed by atoms with Gasteiger partial charge in [-0.15, -0.1) is 11.3 Å². The van der Waals surface area contributed by atoms with Crippen molar-refractivity contribution in [3.63, 3.8) is 0 Å². The monoisotopic (exact) mass is 607 g/mol. The Labute approximate surface area is 238 Å². The van der Waals surface area contributed by atoms with Crippen molar-refractivity contribution in [2.45, 2.75) is 39.0 Å². The normalized spacial score (nSPS) is 13.9. The van der Waals surface area contributed by atoms with E-state index in [2.05, 4.69) is 10.3 Å². The van der Waals surface area contributed by atoms with Crippen molar-refractivity contribution >= 4 is 71.5 Å². The number of aromatic nitrogens is 1. The molecular weight excluding hydrogens is 579 g/mol. The van der Waals surface area contributed by atoms with Gasteiger partial charge in [-0.1, -0.05) is 17.8 Å². The van der Waals surface area contributed by atoms with Crippen LogP contribution in [0, 0.1) is 0 Å². The van der Waals surface area contributed by atoms with Crippen LogP contribution in [0.3, 0.4) is 0 Å². The Kier molecular flexibility index (Phi) is 9.21. The molecule has 2 heterocycles. The highest BCUT2D eigenvalue weighted by atomic mass is 32.2. The number of thiophene rings is 1. The van der Waals surface area contributed by atoms with Crippen LogP contribution in [-0.2, 0) is 48.8 Å². The van der Waals surface area contributed by atoms with Gasteiger partial charge in [-0.25, -0.2) is 18.0 Å². The summed E-state index contributed by atoms with van der Waals surface area (Å²) in [4.78, 5) is 54.9. The molecule has 0 saturated heterocycles. The number of sulfone groups is 1. The number of fused-ring (bicyclic) bond motifs is 2. The minimum atomic E-state index is -4.17. The van der Waals surface area contributed by atoms with E-state index in [4.69, 9.17) is 9.47 Å². The van der Waals surface area contributed by atoms with Crippen LogP contribution in [0.25, 0.3) is 10.2 Å². The number of anilines is 1. The second-order valence-electron chi connectivity index (χ2n) is 9.19. The van der Waals surface area contributed by atoms with E-state index >= 15 is 0 Å². The van der Waals surface area contributed by atoms with E-state index in [1.165, 1.54) is 18.4 Å². The first-order chi connectivity index (χ1) is 19.0. The zero-order chi connectivity index (χ0) is 29.0. The summed E-state index contributed by atoms with van der Waals surface area (Å²) < 4.78 is 37.6. The first-order valence-electron chi connectivity index (χ1n) is 12.6. The Morgan fingerprint density at radius 1 is 1.05 bits per heavy atom. The third kappa shape index (κ3) is 6.67. The Balaban J connectivity index is 1.48. The molecule has 40 heavy (non-hydrogen) atoms. The average molecular weight is 608 g/mol. The molecule has 1 aliphatic carbocycles. The van der Waals surface area contributed by atoms with E-state index in [0.29, 0.717) is 22.2 Å². The Morgan fingerprint density at radius 3 is 2.52 bits per heavy atom. The molecule has 1 aliphatic rings. The highest BCUT2D eigenvalue weighted by Gasteiger charge is 2.28. The third-order valence-electron chi connectivity index (χ3n) is 6.30. The number of carbonyl (C=O) groups is 4. The average Bonchev–Trinajstić information content (AvgIpc) is 3.27. The van der Waals surface area contributed by atoms with Gasteiger partial charge in [0.05, 0.1) is 35.1 Å². The van der Waals surface area contributed by atoms with Gasteiger partial charge in [0.2, 0.25) is 5.91 Å². The van der Waals surface area contributed by atoms with Crippen LogP contribution in [0.15, 0.2) is 23.2 Å². The zero-order valence-corrected chi connectivity index (χ0v) is 24.7. The fourth-order valence-electron chi connectivity index (χ4n) is 4.47. The minimum absolute atomic E-state index is 0.235. The molecule has 2 amide bonds. The lowest BCUT2D eigenvalue weighted by molar-refractivity contribution is -0.115. The van der Waals surface area contributed by atoms with Crippen molar-refractivity contribution in [2.24, 2.45) is 12.0 Å². The molecule has 14 heteroatoms. The van der Waals surface area contributed by atoms with Gasteiger partial charge in [-0.05, 0) is 56.4 Å². The lowest BCUT2D eigenvalue weighted by atomic mass is 10.1. The number of methoxy groups -OCH3 is 1. The molecule has 0 aliphatic heterocycles. The van der Waals surface area contributed by atoms with Crippen LogP contribution in [0.4, 0.5) is 5.00 Å². The number of esters is 2. The number of thiazole rings is 1. The Hall–Kier alpha value is -3.36. The smallest absolute Gasteiger partial charge is 0.341 e. The molecule has 1 N–H and O–H groups in total. The molecule has 214 valence electrons. The number of aryl methyl sites for hydroxylation is 2. The van der Waals surface area contributed by atoms with Gasteiger partial charge in [-0.2, -0.15) is 4.99 Å². The summed E-state index contributed by atoms with van der Waals surface area (Å²) in [5.74, 6) is -4.76. The Morgan fingerprint density at radius 2 is 1.80 bits per heavy atom. The maximum Gasteiger partial charge on any atom is 0.341 e. The molecule has 11 nitrogen and oxygen atoms in total. The number of rotatable bonds is 8. The van der Waals surface area contributed by atoms with Crippen molar-refractivity contribution in [3.05, 3.63) is 44.6 Å². The highest BCUT2D eigenvalue weighted by Crippen LogP contribution is 2.38. The molecule has 0 atom stereocenters. The number of nitrogens with zero attached hydrogens (tertiary/aromatic N) is 2. The van der Waals surface area contributed by atoms with Gasteiger partial charge in [0.25, 0.3) is 5.91 Å². The molecule has 0 bridgehead atoms. The van der Waals surface area contributed by atoms with E-state index in [9.17, 15) is 27.6 Å². The molecule has 0 fully saturated rings. The van der Waals surface area contributed by atoms with Crippen molar-refractivity contribution < 1.29 is 37.1 Å². The second kappa shape index (κ2) is 12.4. The van der Waals surface area contributed by atoms with Crippen LogP contribution in [-0.4, -0.2) is 62.0 Å². The summed E-state index contributed by atoms with van der Waals surface area (Å²) in [5, 5.41) is 2.81. The Bertz CT molecular complexity index is 1660. The summed E-state index contributed by atoms with van der Waals surface area (Å²) >= 11 is 2.37. The fourth-order valence-corrected chi connectivity index (χ4v) is 7.85. The van der Waals surface area contributed by atoms with E-state index in [1.54, 1.807) is 36.7 Å². The van der Waals surface area contributed by atoms with Gasteiger partial charge < -0.3 is 19.4 Å². The number of amides is 2. The first kappa shape index (κ1) is 29.6. The van der Waals surface area contributed by atoms with Crippen LogP contribution in [0.1, 0.15) is 57.3 Å². The number of benzene rings is 1. The lowest BCUT2D eigenvalue weighted by Gasteiger charge is -2.07. The number of hydrogen-bond donors (Lipinski definition) is 1. The molecule has 1 aromatic carbocycles. The van der Waals surface area contributed by atoms with E-state index < -0.39 is 45.1 Å². The molecule has 0 spiro atoms. The molecule has 2 aromatic heterocycles. The zero-order valence-electron chi connectivity index (χ0n) is 22.3. The largest absolute Gasteiger partial charge is 0.465 e. The maximum atomic E-state index is 12.7. The lowest BCUT2D eigenvalue weighted by Crippen LogP contribution is -2.28. The van der Waals surface area contributed by atoms with Crippen LogP contribution in [0.2, 0.25) is 0 Å². The second-order valence-corrected chi connectivity index (χ2v) is 13.4. The number of hydrogen-bond acceptors (Lipinski definition) is 10.